The molecule has 0 amide bonds. The first-order valence-electron chi connectivity index (χ1n) is 6.40. The van der Waals surface area contributed by atoms with E-state index in [0.717, 1.165) is 37.1 Å². The maximum absolute atomic E-state index is 5.99. The topological polar surface area (TPSA) is 38.5 Å². The number of halogens is 1. The Hall–Kier alpha value is -0.420. The van der Waals surface area contributed by atoms with E-state index in [1.165, 1.54) is 5.56 Å². The number of hydrogen-bond donors (Lipinski definition) is 1. The fourth-order valence-electron chi connectivity index (χ4n) is 2.49. The minimum atomic E-state index is 0.00528. The van der Waals surface area contributed by atoms with Gasteiger partial charge in [0.1, 0.15) is 0 Å². The third kappa shape index (κ3) is 3.12. The van der Waals surface area contributed by atoms with Crippen LogP contribution < -0.4 is 5.73 Å². The van der Waals surface area contributed by atoms with Crippen LogP contribution in [-0.2, 0) is 11.3 Å². The number of rotatable bonds is 4. The van der Waals surface area contributed by atoms with Gasteiger partial charge in [-0.15, -0.1) is 0 Å². The Balaban J connectivity index is 2.05. The molecule has 2 rings (SSSR count). The zero-order valence-corrected chi connectivity index (χ0v) is 12.4. The van der Waals surface area contributed by atoms with E-state index in [9.17, 15) is 0 Å². The SMILES string of the molecule is CN(Cc1ccc(Br)cc1)C1(CN)CCCOC1. The summed E-state index contributed by atoms with van der Waals surface area (Å²) in [5, 5.41) is 0. The summed E-state index contributed by atoms with van der Waals surface area (Å²) in [5.74, 6) is 0. The Morgan fingerprint density at radius 3 is 2.67 bits per heavy atom. The van der Waals surface area contributed by atoms with Gasteiger partial charge in [0.2, 0.25) is 0 Å². The highest BCUT2D eigenvalue weighted by molar-refractivity contribution is 9.10. The molecule has 1 fully saturated rings. The molecule has 0 spiro atoms. The van der Waals surface area contributed by atoms with Crippen LogP contribution >= 0.6 is 15.9 Å². The van der Waals surface area contributed by atoms with Gasteiger partial charge < -0.3 is 10.5 Å². The normalized spacial score (nSPS) is 24.4. The first-order valence-corrected chi connectivity index (χ1v) is 7.19. The molecule has 3 nitrogen and oxygen atoms in total. The van der Waals surface area contributed by atoms with Gasteiger partial charge in [0.05, 0.1) is 12.1 Å². The van der Waals surface area contributed by atoms with Crippen LogP contribution in [0.2, 0.25) is 0 Å². The van der Waals surface area contributed by atoms with E-state index >= 15 is 0 Å². The van der Waals surface area contributed by atoms with Crippen LogP contribution in [0.1, 0.15) is 18.4 Å². The lowest BCUT2D eigenvalue weighted by atomic mass is 9.90. The Bertz CT molecular complexity index is 374. The molecule has 1 atom stereocenters. The van der Waals surface area contributed by atoms with E-state index in [2.05, 4.69) is 52.1 Å². The third-order valence-corrected chi connectivity index (χ3v) is 4.35. The van der Waals surface area contributed by atoms with Gasteiger partial charge in [-0.25, -0.2) is 0 Å². The number of nitrogens with two attached hydrogens (primary N) is 1. The molecule has 0 aliphatic carbocycles. The molecule has 0 radical (unpaired) electrons. The summed E-state index contributed by atoms with van der Waals surface area (Å²) in [6, 6.07) is 8.45. The Labute approximate surface area is 117 Å². The molecular formula is C14H21BrN2O. The third-order valence-electron chi connectivity index (χ3n) is 3.82. The molecule has 4 heteroatoms. The molecule has 1 saturated heterocycles. The summed E-state index contributed by atoms with van der Waals surface area (Å²) in [6.45, 7) is 3.18. The molecule has 1 unspecified atom stereocenters. The molecule has 0 aromatic heterocycles. The lowest BCUT2D eigenvalue weighted by Gasteiger charge is -2.43. The van der Waals surface area contributed by atoms with Crippen molar-refractivity contribution in [3.8, 4) is 0 Å². The van der Waals surface area contributed by atoms with Gasteiger partial charge in [-0.2, -0.15) is 0 Å². The Morgan fingerprint density at radius 2 is 2.11 bits per heavy atom. The number of benzene rings is 1. The number of ether oxygens (including phenoxy) is 1. The molecular weight excluding hydrogens is 292 g/mol. The number of likely N-dealkylation sites (N-methyl/N-ethyl adjacent to an activating group) is 1. The molecule has 2 N–H and O–H groups in total. The standard InChI is InChI=1S/C14H21BrN2O/c1-17(9-12-3-5-13(15)6-4-12)14(10-16)7-2-8-18-11-14/h3-6H,2,7-11,16H2,1H3. The Kier molecular flexibility index (Phi) is 4.78. The summed E-state index contributed by atoms with van der Waals surface area (Å²) in [5.41, 5.74) is 7.30. The summed E-state index contributed by atoms with van der Waals surface area (Å²) in [4.78, 5) is 2.34. The second kappa shape index (κ2) is 6.15. The van der Waals surface area contributed by atoms with Crippen molar-refractivity contribution in [3.05, 3.63) is 34.3 Å². The second-order valence-corrected chi connectivity index (χ2v) is 5.98. The zero-order chi connectivity index (χ0) is 13.0. The smallest absolute Gasteiger partial charge is 0.0662 e. The summed E-state index contributed by atoms with van der Waals surface area (Å²) in [6.07, 6.45) is 2.22. The first kappa shape index (κ1) is 14.0. The van der Waals surface area contributed by atoms with Crippen molar-refractivity contribution in [1.82, 2.24) is 4.90 Å². The van der Waals surface area contributed by atoms with Gasteiger partial charge in [-0.05, 0) is 37.6 Å². The molecule has 1 heterocycles. The highest BCUT2D eigenvalue weighted by Gasteiger charge is 2.35. The van der Waals surface area contributed by atoms with Crippen LogP contribution in [0.3, 0.4) is 0 Å². The van der Waals surface area contributed by atoms with Crippen LogP contribution in [0.25, 0.3) is 0 Å². The maximum atomic E-state index is 5.99. The highest BCUT2D eigenvalue weighted by Crippen LogP contribution is 2.26. The average molecular weight is 313 g/mol. The molecule has 1 aliphatic heterocycles. The fourth-order valence-corrected chi connectivity index (χ4v) is 2.75. The van der Waals surface area contributed by atoms with Gasteiger partial charge >= 0.3 is 0 Å². The van der Waals surface area contributed by atoms with E-state index in [1.807, 2.05) is 0 Å². The van der Waals surface area contributed by atoms with Crippen LogP contribution in [0.15, 0.2) is 28.7 Å². The predicted octanol–water partition coefficient (Wildman–Crippen LogP) is 2.39. The molecule has 1 aromatic rings. The van der Waals surface area contributed by atoms with Gasteiger partial charge in [0, 0.05) is 24.2 Å². The molecule has 0 saturated carbocycles. The van der Waals surface area contributed by atoms with Crippen molar-refractivity contribution in [2.45, 2.75) is 24.9 Å². The van der Waals surface area contributed by atoms with Crippen molar-refractivity contribution >= 4 is 15.9 Å². The largest absolute Gasteiger partial charge is 0.379 e. The monoisotopic (exact) mass is 312 g/mol. The predicted molar refractivity (Wildman–Crippen MR) is 77.4 cm³/mol. The van der Waals surface area contributed by atoms with Crippen LogP contribution in [0, 0.1) is 0 Å². The zero-order valence-electron chi connectivity index (χ0n) is 10.9. The van der Waals surface area contributed by atoms with Crippen molar-refractivity contribution in [2.75, 3.05) is 26.8 Å². The quantitative estimate of drug-likeness (QED) is 0.927. The minimum Gasteiger partial charge on any atom is -0.379 e. The average Bonchev–Trinajstić information content (AvgIpc) is 2.42. The van der Waals surface area contributed by atoms with Crippen LogP contribution in [0.5, 0.6) is 0 Å². The van der Waals surface area contributed by atoms with E-state index in [-0.39, 0.29) is 5.54 Å². The highest BCUT2D eigenvalue weighted by atomic mass is 79.9. The molecule has 100 valence electrons. The summed E-state index contributed by atoms with van der Waals surface area (Å²) in [7, 11) is 2.14. The molecule has 1 aliphatic rings. The first-order chi connectivity index (χ1) is 8.66. The van der Waals surface area contributed by atoms with E-state index in [0.29, 0.717) is 6.54 Å². The van der Waals surface area contributed by atoms with Crippen molar-refractivity contribution in [1.29, 1.82) is 0 Å². The fraction of sp³-hybridized carbons (Fsp3) is 0.571. The lowest BCUT2D eigenvalue weighted by Crippen LogP contribution is -2.56. The van der Waals surface area contributed by atoms with Gasteiger partial charge in [0.25, 0.3) is 0 Å². The summed E-state index contributed by atoms with van der Waals surface area (Å²) < 4.78 is 6.74. The Morgan fingerprint density at radius 1 is 1.39 bits per heavy atom. The van der Waals surface area contributed by atoms with Crippen molar-refractivity contribution in [3.63, 3.8) is 0 Å². The van der Waals surface area contributed by atoms with E-state index in [4.69, 9.17) is 10.5 Å². The number of nitrogens with zero attached hydrogens (tertiary/aromatic N) is 1. The molecule has 1 aromatic carbocycles. The van der Waals surface area contributed by atoms with Crippen molar-refractivity contribution < 1.29 is 4.74 Å². The van der Waals surface area contributed by atoms with Crippen LogP contribution in [0.4, 0.5) is 0 Å². The molecule has 0 bridgehead atoms. The lowest BCUT2D eigenvalue weighted by molar-refractivity contribution is -0.0374. The minimum absolute atomic E-state index is 0.00528. The van der Waals surface area contributed by atoms with Crippen molar-refractivity contribution in [2.24, 2.45) is 5.73 Å². The summed E-state index contributed by atoms with van der Waals surface area (Å²) >= 11 is 3.46. The number of hydrogen-bond acceptors (Lipinski definition) is 3. The maximum Gasteiger partial charge on any atom is 0.0662 e. The molecule has 18 heavy (non-hydrogen) atoms. The van der Waals surface area contributed by atoms with E-state index in [1.54, 1.807) is 0 Å². The van der Waals surface area contributed by atoms with Crippen LogP contribution in [-0.4, -0.2) is 37.2 Å². The van der Waals surface area contributed by atoms with Gasteiger partial charge in [0.15, 0.2) is 0 Å². The van der Waals surface area contributed by atoms with Gasteiger partial charge in [-0.1, -0.05) is 28.1 Å². The van der Waals surface area contributed by atoms with E-state index < -0.39 is 0 Å². The van der Waals surface area contributed by atoms with Gasteiger partial charge in [-0.3, -0.25) is 4.90 Å². The second-order valence-electron chi connectivity index (χ2n) is 5.07.